The fourth-order valence-electron chi connectivity index (χ4n) is 1.59. The lowest BCUT2D eigenvalue weighted by molar-refractivity contribution is 0.129. The summed E-state index contributed by atoms with van der Waals surface area (Å²) >= 11 is 1.63. The maximum absolute atomic E-state index is 5.74. The average Bonchev–Trinajstić information content (AvgIpc) is 2.89. The highest BCUT2D eigenvalue weighted by molar-refractivity contribution is 7.10. The number of fused-ring (bicyclic) bond motifs is 1. The Kier molecular flexibility index (Phi) is 2.73. The fourth-order valence-corrected chi connectivity index (χ4v) is 2.17. The van der Waals surface area contributed by atoms with Crippen LogP contribution in [-0.4, -0.2) is 12.7 Å². The molecule has 2 heterocycles. The number of ether oxygens (including phenoxy) is 2. The molecule has 3 heteroatoms. The molecular formula is C14H10O2S. The molecule has 84 valence electrons. The molecule has 0 aliphatic carbocycles. The highest BCUT2D eigenvalue weighted by Gasteiger charge is 2.18. The number of hydrogen-bond acceptors (Lipinski definition) is 3. The third-order valence-corrected chi connectivity index (χ3v) is 3.17. The van der Waals surface area contributed by atoms with Gasteiger partial charge in [0.25, 0.3) is 0 Å². The van der Waals surface area contributed by atoms with Crippen molar-refractivity contribution in [3.8, 4) is 23.3 Å². The van der Waals surface area contributed by atoms with Gasteiger partial charge in [-0.3, -0.25) is 0 Å². The summed E-state index contributed by atoms with van der Waals surface area (Å²) in [5.74, 6) is 7.73. The summed E-state index contributed by atoms with van der Waals surface area (Å²) in [5.41, 5.74) is 0. The van der Waals surface area contributed by atoms with Crippen molar-refractivity contribution in [1.29, 1.82) is 0 Å². The largest absolute Gasteiger partial charge is 0.485 e. The monoisotopic (exact) mass is 242 g/mol. The molecule has 2 nitrogen and oxygen atoms in total. The molecule has 0 saturated heterocycles. The molecule has 1 aromatic carbocycles. The minimum atomic E-state index is -0.188. The molecule has 1 aliphatic rings. The summed E-state index contributed by atoms with van der Waals surface area (Å²) in [6, 6.07) is 11.6. The molecule has 0 spiro atoms. The molecule has 3 rings (SSSR count). The van der Waals surface area contributed by atoms with Crippen LogP contribution >= 0.6 is 11.3 Å². The first-order chi connectivity index (χ1) is 8.42. The van der Waals surface area contributed by atoms with E-state index in [1.165, 1.54) is 0 Å². The van der Waals surface area contributed by atoms with E-state index >= 15 is 0 Å². The van der Waals surface area contributed by atoms with Crippen LogP contribution < -0.4 is 9.47 Å². The lowest BCUT2D eigenvalue weighted by Gasteiger charge is -2.22. The van der Waals surface area contributed by atoms with E-state index in [0.29, 0.717) is 6.61 Å². The smallest absolute Gasteiger partial charge is 0.193 e. The highest BCUT2D eigenvalue weighted by Crippen LogP contribution is 2.30. The molecule has 1 unspecified atom stereocenters. The number of rotatable bonds is 0. The van der Waals surface area contributed by atoms with Crippen LogP contribution in [0, 0.1) is 11.8 Å². The zero-order valence-electron chi connectivity index (χ0n) is 9.05. The van der Waals surface area contributed by atoms with E-state index in [0.717, 1.165) is 16.4 Å². The van der Waals surface area contributed by atoms with Crippen molar-refractivity contribution in [3.63, 3.8) is 0 Å². The van der Waals surface area contributed by atoms with Gasteiger partial charge in [0.1, 0.15) is 6.61 Å². The molecule has 17 heavy (non-hydrogen) atoms. The fraction of sp³-hybridized carbons (Fsp3) is 0.143. The number of benzene rings is 1. The second kappa shape index (κ2) is 4.52. The first-order valence-electron chi connectivity index (χ1n) is 5.35. The van der Waals surface area contributed by atoms with Gasteiger partial charge in [-0.05, 0) is 29.5 Å². The summed E-state index contributed by atoms with van der Waals surface area (Å²) in [5, 5.41) is 2.01. The molecule has 0 bridgehead atoms. The Hall–Kier alpha value is -1.92. The standard InChI is InChI=1S/C14H10O2S/c1-2-6-14-13(5-1)15-10-11(16-14)7-8-12-4-3-9-17-12/h1-6,9,11H,10H2. The quantitative estimate of drug-likeness (QED) is 0.661. The first kappa shape index (κ1) is 10.2. The van der Waals surface area contributed by atoms with E-state index in [-0.39, 0.29) is 6.10 Å². The molecule has 0 fully saturated rings. The second-order valence-electron chi connectivity index (χ2n) is 3.61. The maximum atomic E-state index is 5.74. The Morgan fingerprint density at radius 2 is 2.00 bits per heavy atom. The van der Waals surface area contributed by atoms with Crippen LogP contribution in [-0.2, 0) is 0 Å². The Labute approximate surface area is 104 Å². The van der Waals surface area contributed by atoms with E-state index in [2.05, 4.69) is 11.8 Å². The Bertz CT molecular complexity index is 563. The van der Waals surface area contributed by atoms with Crippen molar-refractivity contribution in [2.24, 2.45) is 0 Å². The van der Waals surface area contributed by atoms with Gasteiger partial charge in [-0.25, -0.2) is 0 Å². The van der Waals surface area contributed by atoms with E-state index < -0.39 is 0 Å². The minimum Gasteiger partial charge on any atom is -0.485 e. The number of para-hydroxylation sites is 2. The normalized spacial score (nSPS) is 17.1. The van der Waals surface area contributed by atoms with Crippen molar-refractivity contribution in [3.05, 3.63) is 46.7 Å². The predicted octanol–water partition coefficient (Wildman–Crippen LogP) is 2.94. The molecule has 1 aliphatic heterocycles. The number of thiophene rings is 1. The van der Waals surface area contributed by atoms with E-state index in [1.807, 2.05) is 41.8 Å². The topological polar surface area (TPSA) is 18.5 Å². The van der Waals surface area contributed by atoms with E-state index in [4.69, 9.17) is 9.47 Å². The van der Waals surface area contributed by atoms with Gasteiger partial charge >= 0.3 is 0 Å². The van der Waals surface area contributed by atoms with Crippen LogP contribution in [0.2, 0.25) is 0 Å². The summed E-state index contributed by atoms with van der Waals surface area (Å²) in [7, 11) is 0. The third kappa shape index (κ3) is 2.27. The summed E-state index contributed by atoms with van der Waals surface area (Å²) in [6.45, 7) is 0.482. The van der Waals surface area contributed by atoms with Crippen LogP contribution in [0.3, 0.4) is 0 Å². The SMILES string of the molecule is C(#CC1COc2ccccc2O1)c1cccs1. The average molecular weight is 242 g/mol. The zero-order valence-corrected chi connectivity index (χ0v) is 9.87. The van der Waals surface area contributed by atoms with Gasteiger partial charge in [0.2, 0.25) is 0 Å². The Morgan fingerprint density at radius 3 is 2.82 bits per heavy atom. The molecule has 0 radical (unpaired) electrons. The third-order valence-electron chi connectivity index (χ3n) is 2.39. The molecule has 0 N–H and O–H groups in total. The summed E-state index contributed by atoms with van der Waals surface area (Å²) in [4.78, 5) is 1.05. The molecular weight excluding hydrogens is 232 g/mol. The maximum Gasteiger partial charge on any atom is 0.193 e. The predicted molar refractivity (Wildman–Crippen MR) is 67.6 cm³/mol. The molecule has 2 aromatic rings. The van der Waals surface area contributed by atoms with Crippen LogP contribution in [0.15, 0.2) is 41.8 Å². The molecule has 0 amide bonds. The molecule has 1 atom stereocenters. The van der Waals surface area contributed by atoms with Gasteiger partial charge in [-0.2, -0.15) is 0 Å². The first-order valence-corrected chi connectivity index (χ1v) is 6.23. The second-order valence-corrected chi connectivity index (χ2v) is 4.56. The number of hydrogen-bond donors (Lipinski definition) is 0. The van der Waals surface area contributed by atoms with Gasteiger partial charge in [0, 0.05) is 0 Å². The van der Waals surface area contributed by atoms with Crippen LogP contribution in [0.25, 0.3) is 0 Å². The van der Waals surface area contributed by atoms with E-state index in [9.17, 15) is 0 Å². The van der Waals surface area contributed by atoms with Gasteiger partial charge in [-0.15, -0.1) is 11.3 Å². The van der Waals surface area contributed by atoms with E-state index in [1.54, 1.807) is 11.3 Å². The van der Waals surface area contributed by atoms with Crippen molar-refractivity contribution in [2.75, 3.05) is 6.61 Å². The lowest BCUT2D eigenvalue weighted by Crippen LogP contribution is -2.27. The van der Waals surface area contributed by atoms with Crippen molar-refractivity contribution < 1.29 is 9.47 Å². The lowest BCUT2D eigenvalue weighted by atomic mass is 10.2. The molecule has 0 saturated carbocycles. The molecule has 1 aromatic heterocycles. The van der Waals surface area contributed by atoms with Crippen LogP contribution in [0.5, 0.6) is 11.5 Å². The zero-order chi connectivity index (χ0) is 11.5. The Balaban J connectivity index is 1.76. The summed E-state index contributed by atoms with van der Waals surface area (Å²) < 4.78 is 11.3. The van der Waals surface area contributed by atoms with Gasteiger partial charge in [0.05, 0.1) is 4.88 Å². The van der Waals surface area contributed by atoms with Gasteiger partial charge in [0.15, 0.2) is 17.6 Å². The van der Waals surface area contributed by atoms with Crippen molar-refractivity contribution >= 4 is 11.3 Å². The Morgan fingerprint density at radius 1 is 1.12 bits per heavy atom. The van der Waals surface area contributed by atoms with Crippen molar-refractivity contribution in [2.45, 2.75) is 6.10 Å². The minimum absolute atomic E-state index is 0.188. The van der Waals surface area contributed by atoms with Gasteiger partial charge in [-0.1, -0.05) is 24.1 Å². The van der Waals surface area contributed by atoms with Crippen LogP contribution in [0.4, 0.5) is 0 Å². The van der Waals surface area contributed by atoms with Gasteiger partial charge < -0.3 is 9.47 Å². The van der Waals surface area contributed by atoms with Crippen molar-refractivity contribution in [1.82, 2.24) is 0 Å². The van der Waals surface area contributed by atoms with Crippen LogP contribution in [0.1, 0.15) is 4.88 Å². The summed E-state index contributed by atoms with van der Waals surface area (Å²) in [6.07, 6.45) is -0.188. The highest BCUT2D eigenvalue weighted by atomic mass is 32.1.